The standard InChI is InChI=1S/2C7F5O.2C4H9.Sn/c2*8-3-2(1-13)4(9)6(11)7(12)5(3)10;2*1-3-4-2;/h;;2*1,3-4H2,2H3;. The number of hydrogen-bond acceptors (Lipinski definition) is 2. The molecule has 2 aromatic carbocycles. The molecule has 192 valence electrons. The first-order valence-electron chi connectivity index (χ1n) is 10.4. The van der Waals surface area contributed by atoms with Gasteiger partial charge in [-0.05, 0) is 0 Å². The number of halogens is 10. The van der Waals surface area contributed by atoms with E-state index in [2.05, 4.69) is 0 Å². The van der Waals surface area contributed by atoms with Gasteiger partial charge in [0.25, 0.3) is 0 Å². The second-order valence-electron chi connectivity index (χ2n) is 7.84. The van der Waals surface area contributed by atoms with E-state index in [1.54, 1.807) is 13.8 Å². The summed E-state index contributed by atoms with van der Waals surface area (Å²) in [5.74, 6) is -25.3. The molecule has 0 spiro atoms. The summed E-state index contributed by atoms with van der Waals surface area (Å²) in [6.45, 7) is 3.09. The van der Waals surface area contributed by atoms with Crippen LogP contribution in [0, 0.1) is 58.2 Å². The summed E-state index contributed by atoms with van der Waals surface area (Å²) in [4.78, 5) is 26.9. The normalized spacial score (nSPS) is 11.8. The third-order valence-electron chi connectivity index (χ3n) is 5.66. The molecule has 0 saturated heterocycles. The van der Waals surface area contributed by atoms with Crippen LogP contribution in [0.15, 0.2) is 0 Å². The van der Waals surface area contributed by atoms with Crippen molar-refractivity contribution in [2.24, 2.45) is 0 Å². The van der Waals surface area contributed by atoms with Crippen LogP contribution in [0.1, 0.15) is 60.2 Å². The van der Waals surface area contributed by atoms with Crippen LogP contribution >= 0.6 is 0 Å². The zero-order valence-electron chi connectivity index (χ0n) is 18.3. The molecule has 0 atom stereocenters. The van der Waals surface area contributed by atoms with Crippen LogP contribution in [0.4, 0.5) is 43.9 Å². The summed E-state index contributed by atoms with van der Waals surface area (Å²) >= 11 is -5.97. The molecule has 0 aliphatic heterocycles. The fourth-order valence-corrected chi connectivity index (χ4v) is 17.1. The fraction of sp³-hybridized carbons (Fsp3) is 0.364. The molecule has 0 bridgehead atoms. The minimum absolute atomic E-state index is 0.0535. The zero-order valence-corrected chi connectivity index (χ0v) is 21.2. The van der Waals surface area contributed by atoms with E-state index in [4.69, 9.17) is 0 Å². The second kappa shape index (κ2) is 11.3. The Morgan fingerprint density at radius 2 is 0.714 bits per heavy atom. The SMILES string of the molecule is CCC[CH2][Sn]([CH2]CCC)([C](=O)c1c(F)c(F)c(F)c(F)c1F)[C](=O)c1c(F)c(F)c(F)c(F)c1F. The van der Waals surface area contributed by atoms with E-state index in [9.17, 15) is 53.5 Å². The van der Waals surface area contributed by atoms with Gasteiger partial charge in [-0.2, -0.15) is 0 Å². The Balaban J connectivity index is 2.95. The van der Waals surface area contributed by atoms with Crippen LogP contribution in [-0.2, 0) is 0 Å². The molecule has 0 amide bonds. The summed E-state index contributed by atoms with van der Waals surface area (Å²) in [5, 5.41) is 0. The summed E-state index contributed by atoms with van der Waals surface area (Å²) in [5.41, 5.74) is -3.91. The van der Waals surface area contributed by atoms with Crippen molar-refractivity contribution in [3.63, 3.8) is 0 Å². The Kier molecular flexibility index (Phi) is 9.39. The van der Waals surface area contributed by atoms with Gasteiger partial charge in [-0.25, -0.2) is 0 Å². The first-order valence-corrected chi connectivity index (χ1v) is 17.3. The molecule has 0 fully saturated rings. The average Bonchev–Trinajstić information content (AvgIpc) is 2.84. The molecule has 0 N–H and O–H groups in total. The topological polar surface area (TPSA) is 34.1 Å². The predicted octanol–water partition coefficient (Wildman–Crippen LogP) is 7.27. The Bertz CT molecular complexity index is 1030. The second-order valence-corrected chi connectivity index (χ2v) is 19.5. The van der Waals surface area contributed by atoms with Gasteiger partial charge in [0.1, 0.15) is 0 Å². The van der Waals surface area contributed by atoms with Crippen LogP contribution in [-0.4, -0.2) is 26.0 Å². The van der Waals surface area contributed by atoms with E-state index in [1.165, 1.54) is 0 Å². The van der Waals surface area contributed by atoms with Crippen LogP contribution in [0.5, 0.6) is 0 Å². The van der Waals surface area contributed by atoms with Crippen molar-refractivity contribution >= 4 is 26.0 Å². The molecular formula is C22H18F10O2Sn. The molecule has 2 nitrogen and oxygen atoms in total. The van der Waals surface area contributed by atoms with E-state index in [0.29, 0.717) is 0 Å². The fourth-order valence-electron chi connectivity index (χ4n) is 3.73. The van der Waals surface area contributed by atoms with Gasteiger partial charge >= 0.3 is 197 Å². The van der Waals surface area contributed by atoms with Gasteiger partial charge in [-0.3, -0.25) is 0 Å². The summed E-state index contributed by atoms with van der Waals surface area (Å²) < 4.78 is 136. The predicted molar refractivity (Wildman–Crippen MR) is 106 cm³/mol. The van der Waals surface area contributed by atoms with Crippen molar-refractivity contribution in [3.8, 4) is 0 Å². The first kappa shape index (κ1) is 29.1. The first-order chi connectivity index (χ1) is 16.3. The van der Waals surface area contributed by atoms with Crippen LogP contribution < -0.4 is 0 Å². The monoisotopic (exact) mass is 624 g/mol. The third-order valence-corrected chi connectivity index (χ3v) is 18.9. The maximum atomic E-state index is 14.5. The molecule has 0 aliphatic rings. The third kappa shape index (κ3) is 4.94. The maximum absolute atomic E-state index is 14.5. The van der Waals surface area contributed by atoms with Gasteiger partial charge in [-0.1, -0.05) is 0 Å². The molecule has 13 heteroatoms. The molecule has 2 rings (SSSR count). The van der Waals surface area contributed by atoms with Crippen molar-refractivity contribution < 1.29 is 53.5 Å². The number of carbonyl (C=O) groups is 2. The van der Waals surface area contributed by atoms with Gasteiger partial charge < -0.3 is 0 Å². The van der Waals surface area contributed by atoms with Gasteiger partial charge in [0.05, 0.1) is 0 Å². The van der Waals surface area contributed by atoms with Gasteiger partial charge in [0.2, 0.25) is 0 Å². The van der Waals surface area contributed by atoms with Crippen molar-refractivity contribution in [3.05, 3.63) is 69.3 Å². The van der Waals surface area contributed by atoms with Crippen LogP contribution in [0.3, 0.4) is 0 Å². The molecule has 0 saturated carbocycles. The summed E-state index contributed by atoms with van der Waals surface area (Å²) in [6.07, 6.45) is 0.337. The van der Waals surface area contributed by atoms with Gasteiger partial charge in [0, 0.05) is 0 Å². The Morgan fingerprint density at radius 3 is 0.943 bits per heavy atom. The number of rotatable bonds is 10. The Labute approximate surface area is 197 Å². The van der Waals surface area contributed by atoms with Crippen molar-refractivity contribution in [1.82, 2.24) is 0 Å². The molecular weight excluding hydrogens is 605 g/mol. The molecule has 0 aromatic heterocycles. The van der Waals surface area contributed by atoms with Crippen molar-refractivity contribution in [1.29, 1.82) is 0 Å². The Hall–Kier alpha value is -2.12. The summed E-state index contributed by atoms with van der Waals surface area (Å²) in [7, 11) is 0. The molecule has 0 unspecified atom stereocenters. The van der Waals surface area contributed by atoms with E-state index in [-0.39, 0.29) is 25.7 Å². The quantitative estimate of drug-likeness (QED) is 0.121. The molecule has 0 radical (unpaired) electrons. The number of hydrogen-bond donors (Lipinski definition) is 0. The van der Waals surface area contributed by atoms with Gasteiger partial charge in [-0.15, -0.1) is 0 Å². The number of carbonyl (C=O) groups excluding carboxylic acids is 2. The van der Waals surface area contributed by atoms with Crippen LogP contribution in [0.25, 0.3) is 0 Å². The molecule has 0 aliphatic carbocycles. The van der Waals surface area contributed by atoms with Crippen LogP contribution in [0.2, 0.25) is 8.87 Å². The van der Waals surface area contributed by atoms with Crippen molar-refractivity contribution in [2.45, 2.75) is 48.4 Å². The number of benzene rings is 2. The van der Waals surface area contributed by atoms with E-state index in [0.717, 1.165) is 0 Å². The Morgan fingerprint density at radius 1 is 0.486 bits per heavy atom. The van der Waals surface area contributed by atoms with Gasteiger partial charge in [0.15, 0.2) is 0 Å². The van der Waals surface area contributed by atoms with E-state index >= 15 is 0 Å². The zero-order chi connectivity index (χ0) is 26.8. The van der Waals surface area contributed by atoms with Crippen molar-refractivity contribution in [2.75, 3.05) is 0 Å². The average molecular weight is 623 g/mol. The minimum atomic E-state index is -5.97. The molecule has 35 heavy (non-hydrogen) atoms. The summed E-state index contributed by atoms with van der Waals surface area (Å²) in [6, 6.07) is 0. The van der Waals surface area contributed by atoms with E-state index < -0.39 is 104 Å². The van der Waals surface area contributed by atoms with E-state index in [1.807, 2.05) is 0 Å². The number of unbranched alkanes of at least 4 members (excludes halogenated alkanes) is 2. The molecule has 0 heterocycles. The molecule has 2 aromatic rings.